The van der Waals surface area contributed by atoms with E-state index in [0.29, 0.717) is 6.10 Å². The highest BCUT2D eigenvalue weighted by atomic mass is 16.5. The molecule has 0 heterocycles. The molecule has 0 atom stereocenters. The first-order valence-corrected chi connectivity index (χ1v) is 6.29. The smallest absolute Gasteiger partial charge is 0.0982 e. The Morgan fingerprint density at radius 2 is 1.60 bits per heavy atom. The van der Waals surface area contributed by atoms with Crippen LogP contribution in [-0.2, 0) is 4.74 Å². The van der Waals surface area contributed by atoms with Crippen LogP contribution >= 0.6 is 0 Å². The average molecular weight is 212 g/mol. The summed E-state index contributed by atoms with van der Waals surface area (Å²) >= 11 is 0. The molecule has 90 valence electrons. The van der Waals surface area contributed by atoms with Crippen molar-refractivity contribution in [1.82, 2.24) is 0 Å². The fraction of sp³-hybridized carbons (Fsp3) is 0.714. The fourth-order valence-electron chi connectivity index (χ4n) is 1.47. The zero-order valence-corrected chi connectivity index (χ0v) is 11.2. The van der Waals surface area contributed by atoms with Crippen LogP contribution in [0.25, 0.3) is 0 Å². The predicted molar refractivity (Wildman–Crippen MR) is 70.0 cm³/mol. The zero-order valence-electron chi connectivity index (χ0n) is 11.2. The molecule has 0 N–H and O–H groups in total. The summed E-state index contributed by atoms with van der Waals surface area (Å²) in [7, 11) is 0. The quantitative estimate of drug-likeness (QED) is 0.468. The molecule has 1 saturated carbocycles. The van der Waals surface area contributed by atoms with E-state index in [1.807, 2.05) is 40.7 Å². The average Bonchev–Trinajstić information content (AvgIpc) is 2.77. The van der Waals surface area contributed by atoms with Crippen LogP contribution in [0.4, 0.5) is 0 Å². The molecule has 1 aliphatic carbocycles. The van der Waals surface area contributed by atoms with Crippen LogP contribution in [0.3, 0.4) is 0 Å². The number of rotatable bonds is 3. The Hall–Kier alpha value is -0.720. The van der Waals surface area contributed by atoms with Crippen LogP contribution in [0.5, 0.6) is 0 Å². The summed E-state index contributed by atoms with van der Waals surface area (Å²) in [5.41, 5.74) is 0. The Balaban J connectivity index is 0. The van der Waals surface area contributed by atoms with E-state index in [2.05, 4.69) is 6.58 Å². The largest absolute Gasteiger partial charge is 0.495 e. The van der Waals surface area contributed by atoms with Crippen molar-refractivity contribution in [2.45, 2.75) is 66.4 Å². The highest BCUT2D eigenvalue weighted by Crippen LogP contribution is 2.22. The highest BCUT2D eigenvalue weighted by molar-refractivity contribution is 5.02. The third-order valence-electron chi connectivity index (χ3n) is 2.01. The van der Waals surface area contributed by atoms with Gasteiger partial charge in [0, 0.05) is 0 Å². The minimum absolute atomic E-state index is 0.478. The van der Waals surface area contributed by atoms with Crippen molar-refractivity contribution < 1.29 is 4.74 Å². The van der Waals surface area contributed by atoms with E-state index >= 15 is 0 Å². The second-order valence-corrected chi connectivity index (χ2v) is 3.04. The molecule has 0 aromatic heterocycles. The summed E-state index contributed by atoms with van der Waals surface area (Å²) in [6.45, 7) is 13.6. The van der Waals surface area contributed by atoms with Gasteiger partial charge < -0.3 is 4.74 Å². The van der Waals surface area contributed by atoms with Gasteiger partial charge in [-0.05, 0) is 38.7 Å². The monoisotopic (exact) mass is 212 g/mol. The maximum atomic E-state index is 5.64. The van der Waals surface area contributed by atoms with Gasteiger partial charge in [0.15, 0.2) is 0 Å². The van der Waals surface area contributed by atoms with Gasteiger partial charge in [-0.25, -0.2) is 0 Å². The Labute approximate surface area is 96.2 Å². The molecule has 15 heavy (non-hydrogen) atoms. The van der Waals surface area contributed by atoms with E-state index < -0.39 is 0 Å². The summed E-state index contributed by atoms with van der Waals surface area (Å²) in [6, 6.07) is 0. The predicted octanol–water partition coefficient (Wildman–Crippen LogP) is 5.09. The molecule has 0 amide bonds. The maximum absolute atomic E-state index is 5.64. The lowest BCUT2D eigenvalue weighted by molar-refractivity contribution is 0.123. The third kappa shape index (κ3) is 9.58. The normalized spacial score (nSPS) is 15.7. The van der Waals surface area contributed by atoms with E-state index in [-0.39, 0.29) is 0 Å². The van der Waals surface area contributed by atoms with Crippen molar-refractivity contribution in [2.75, 3.05) is 0 Å². The van der Waals surface area contributed by atoms with Gasteiger partial charge >= 0.3 is 0 Å². The Morgan fingerprint density at radius 3 is 2.00 bits per heavy atom. The van der Waals surface area contributed by atoms with Gasteiger partial charge in [-0.15, -0.1) is 0 Å². The van der Waals surface area contributed by atoms with Crippen LogP contribution in [-0.4, -0.2) is 6.10 Å². The Morgan fingerprint density at radius 1 is 1.13 bits per heavy atom. The van der Waals surface area contributed by atoms with Crippen molar-refractivity contribution >= 4 is 0 Å². The lowest BCUT2D eigenvalue weighted by atomic mass is 10.3. The number of ether oxygens (including phenoxy) is 1. The summed E-state index contributed by atoms with van der Waals surface area (Å²) in [5, 5.41) is 0. The molecule has 1 aliphatic rings. The van der Waals surface area contributed by atoms with Crippen LogP contribution in [0.1, 0.15) is 60.3 Å². The summed E-state index contributed by atoms with van der Waals surface area (Å²) in [5.74, 6) is 0.993. The standard InChI is InChI=1S/C10H16O.2C2H6/c1-3-6-9(2)11-10-7-4-5-8-10;2*1-2/h3,6,10H,1,4-5,7-8H2,2H3;2*1-2H3/b9-6+;;. The molecule has 0 aliphatic heterocycles. The molecule has 0 aromatic carbocycles. The molecule has 1 heteroatoms. The van der Waals surface area contributed by atoms with Crippen molar-refractivity contribution in [2.24, 2.45) is 0 Å². The minimum Gasteiger partial charge on any atom is -0.495 e. The van der Waals surface area contributed by atoms with Gasteiger partial charge in [0.2, 0.25) is 0 Å². The van der Waals surface area contributed by atoms with Crippen LogP contribution in [0.2, 0.25) is 0 Å². The van der Waals surface area contributed by atoms with Crippen molar-refractivity contribution in [3.63, 3.8) is 0 Å². The fourth-order valence-corrected chi connectivity index (χ4v) is 1.47. The molecular weight excluding hydrogens is 184 g/mol. The summed E-state index contributed by atoms with van der Waals surface area (Å²) in [4.78, 5) is 0. The van der Waals surface area contributed by atoms with Crippen LogP contribution < -0.4 is 0 Å². The molecule has 0 spiro atoms. The van der Waals surface area contributed by atoms with E-state index in [1.54, 1.807) is 6.08 Å². The van der Waals surface area contributed by atoms with Crippen molar-refractivity contribution in [1.29, 1.82) is 0 Å². The van der Waals surface area contributed by atoms with Gasteiger partial charge in [-0.2, -0.15) is 0 Å². The maximum Gasteiger partial charge on any atom is 0.0982 e. The van der Waals surface area contributed by atoms with E-state index in [1.165, 1.54) is 25.7 Å². The highest BCUT2D eigenvalue weighted by Gasteiger charge is 2.15. The van der Waals surface area contributed by atoms with Crippen LogP contribution in [0, 0.1) is 0 Å². The minimum atomic E-state index is 0.478. The topological polar surface area (TPSA) is 9.23 Å². The Kier molecular flexibility index (Phi) is 14.8. The van der Waals surface area contributed by atoms with E-state index in [0.717, 1.165) is 5.76 Å². The number of hydrogen-bond donors (Lipinski definition) is 0. The molecule has 0 saturated heterocycles. The molecule has 0 bridgehead atoms. The van der Waals surface area contributed by atoms with Gasteiger partial charge in [0.1, 0.15) is 0 Å². The molecular formula is C14H28O. The lowest BCUT2D eigenvalue weighted by Gasteiger charge is -2.12. The van der Waals surface area contributed by atoms with E-state index in [9.17, 15) is 0 Å². The molecule has 0 radical (unpaired) electrons. The first-order chi connectivity index (χ1) is 7.33. The molecule has 0 unspecified atom stereocenters. The van der Waals surface area contributed by atoms with E-state index in [4.69, 9.17) is 4.74 Å². The number of hydrogen-bond acceptors (Lipinski definition) is 1. The number of allylic oxidation sites excluding steroid dienone is 3. The van der Waals surface area contributed by atoms with Gasteiger partial charge in [0.25, 0.3) is 0 Å². The van der Waals surface area contributed by atoms with Gasteiger partial charge in [0.05, 0.1) is 11.9 Å². The Bertz CT molecular complexity index is 153. The first-order valence-electron chi connectivity index (χ1n) is 6.29. The summed E-state index contributed by atoms with van der Waals surface area (Å²) in [6.07, 6.45) is 9.26. The second-order valence-electron chi connectivity index (χ2n) is 3.04. The molecule has 1 rings (SSSR count). The lowest BCUT2D eigenvalue weighted by Crippen LogP contribution is -2.05. The van der Waals surface area contributed by atoms with Crippen LogP contribution in [0.15, 0.2) is 24.5 Å². The summed E-state index contributed by atoms with van der Waals surface area (Å²) < 4.78 is 5.64. The second kappa shape index (κ2) is 13.3. The third-order valence-corrected chi connectivity index (χ3v) is 2.01. The molecule has 1 fully saturated rings. The van der Waals surface area contributed by atoms with Crippen molar-refractivity contribution in [3.8, 4) is 0 Å². The molecule has 1 nitrogen and oxygen atoms in total. The van der Waals surface area contributed by atoms with Gasteiger partial charge in [-0.3, -0.25) is 0 Å². The van der Waals surface area contributed by atoms with Gasteiger partial charge in [-0.1, -0.05) is 40.3 Å². The first kappa shape index (κ1) is 16.7. The van der Waals surface area contributed by atoms with Crippen molar-refractivity contribution in [3.05, 3.63) is 24.5 Å². The SMILES string of the molecule is C=C/C=C(\C)OC1CCCC1.CC.CC. The zero-order chi connectivity index (χ0) is 12.1. The molecule has 0 aromatic rings.